The van der Waals surface area contributed by atoms with Gasteiger partial charge in [0.05, 0.1) is 0 Å². The van der Waals surface area contributed by atoms with Crippen molar-refractivity contribution in [3.63, 3.8) is 0 Å². The summed E-state index contributed by atoms with van der Waals surface area (Å²) < 4.78 is 0. The van der Waals surface area contributed by atoms with Crippen molar-refractivity contribution in [3.05, 3.63) is 66.2 Å². The Morgan fingerprint density at radius 2 is 1.48 bits per heavy atom. The first-order valence-corrected chi connectivity index (χ1v) is 12.1. The molecule has 0 saturated carbocycles. The van der Waals surface area contributed by atoms with Gasteiger partial charge in [-0.1, -0.05) is 75.1 Å². The van der Waals surface area contributed by atoms with Crippen LogP contribution >= 0.6 is 0 Å². The SMILES string of the molecule is CCc1cc2c(-c3ccccc3)cccc2[cH-]1.C[Si](C)(C)C.[Zr]. The molecule has 0 atom stereocenters. The molecular formula is C21H27SiZr-. The summed E-state index contributed by atoms with van der Waals surface area (Å²) in [7, 11) is -0.611. The van der Waals surface area contributed by atoms with Crippen LogP contribution in [0.25, 0.3) is 21.9 Å². The summed E-state index contributed by atoms with van der Waals surface area (Å²) in [6, 6.07) is 21.8. The van der Waals surface area contributed by atoms with Gasteiger partial charge in [0.1, 0.15) is 0 Å². The van der Waals surface area contributed by atoms with Crippen LogP contribution < -0.4 is 0 Å². The predicted molar refractivity (Wildman–Crippen MR) is 104 cm³/mol. The van der Waals surface area contributed by atoms with E-state index >= 15 is 0 Å². The van der Waals surface area contributed by atoms with Gasteiger partial charge in [0.25, 0.3) is 0 Å². The van der Waals surface area contributed by atoms with E-state index in [4.69, 9.17) is 0 Å². The first kappa shape index (κ1) is 20.2. The molecular weight excluding hydrogens is 372 g/mol. The summed E-state index contributed by atoms with van der Waals surface area (Å²) >= 11 is 0. The maximum absolute atomic E-state index is 2.33. The Morgan fingerprint density at radius 3 is 2.04 bits per heavy atom. The van der Waals surface area contributed by atoms with Crippen LogP contribution in [0.3, 0.4) is 0 Å². The Morgan fingerprint density at radius 1 is 0.870 bits per heavy atom. The number of hydrogen-bond acceptors (Lipinski definition) is 0. The minimum Gasteiger partial charge on any atom is -0.164 e. The van der Waals surface area contributed by atoms with E-state index in [0.717, 1.165) is 6.42 Å². The molecule has 120 valence electrons. The molecule has 3 aromatic carbocycles. The molecule has 0 bridgehead atoms. The Labute approximate surface area is 161 Å². The fourth-order valence-corrected chi connectivity index (χ4v) is 2.37. The average Bonchev–Trinajstić information content (AvgIpc) is 2.89. The van der Waals surface area contributed by atoms with Crippen molar-refractivity contribution in [2.45, 2.75) is 39.5 Å². The Hall–Kier alpha value is -0.850. The summed E-state index contributed by atoms with van der Waals surface area (Å²) in [5.74, 6) is 0. The van der Waals surface area contributed by atoms with Gasteiger partial charge in [-0.25, -0.2) is 0 Å². The number of fused-ring (bicyclic) bond motifs is 1. The molecule has 0 N–H and O–H groups in total. The normalized spacial score (nSPS) is 10.7. The number of benzene rings is 2. The van der Waals surface area contributed by atoms with E-state index in [0.29, 0.717) is 0 Å². The van der Waals surface area contributed by atoms with Crippen molar-refractivity contribution >= 4 is 18.8 Å². The van der Waals surface area contributed by atoms with Gasteiger partial charge in [-0.15, -0.1) is 34.5 Å². The van der Waals surface area contributed by atoms with Crippen LogP contribution in [0.2, 0.25) is 26.2 Å². The Bertz CT molecular complexity index is 714. The fraction of sp³-hybridized carbons (Fsp3) is 0.286. The molecule has 0 radical (unpaired) electrons. The van der Waals surface area contributed by atoms with Crippen molar-refractivity contribution in [1.82, 2.24) is 0 Å². The van der Waals surface area contributed by atoms with Crippen molar-refractivity contribution in [2.24, 2.45) is 0 Å². The average molecular weight is 399 g/mol. The van der Waals surface area contributed by atoms with Crippen LogP contribution in [0.1, 0.15) is 12.5 Å². The molecule has 0 aliphatic rings. The van der Waals surface area contributed by atoms with E-state index in [-0.39, 0.29) is 26.2 Å². The second-order valence-corrected chi connectivity index (χ2v) is 13.4. The molecule has 3 aromatic rings. The van der Waals surface area contributed by atoms with E-state index in [9.17, 15) is 0 Å². The molecule has 0 amide bonds. The van der Waals surface area contributed by atoms with Crippen molar-refractivity contribution in [2.75, 3.05) is 0 Å². The minimum atomic E-state index is -0.611. The summed E-state index contributed by atoms with van der Waals surface area (Å²) in [6.45, 7) is 11.5. The summed E-state index contributed by atoms with van der Waals surface area (Å²) in [6.07, 6.45) is 1.10. The van der Waals surface area contributed by atoms with Gasteiger partial charge in [0.2, 0.25) is 0 Å². The van der Waals surface area contributed by atoms with Crippen LogP contribution in [-0.4, -0.2) is 8.07 Å². The molecule has 0 aliphatic carbocycles. The molecule has 23 heavy (non-hydrogen) atoms. The maximum Gasteiger partial charge on any atom is 0.0411 e. The molecule has 0 saturated heterocycles. The van der Waals surface area contributed by atoms with Crippen LogP contribution in [0, 0.1) is 0 Å². The molecule has 2 heteroatoms. The molecule has 0 heterocycles. The zero-order valence-electron chi connectivity index (χ0n) is 15.0. The summed E-state index contributed by atoms with van der Waals surface area (Å²) in [5, 5.41) is 2.72. The Balaban J connectivity index is 0.000000390. The van der Waals surface area contributed by atoms with Crippen molar-refractivity contribution < 1.29 is 26.2 Å². The van der Waals surface area contributed by atoms with Gasteiger partial charge < -0.3 is 0 Å². The summed E-state index contributed by atoms with van der Waals surface area (Å²) in [5.41, 5.74) is 4.05. The van der Waals surface area contributed by atoms with Crippen LogP contribution in [-0.2, 0) is 32.6 Å². The van der Waals surface area contributed by atoms with Gasteiger partial charge in [-0.05, 0) is 12.0 Å². The second kappa shape index (κ2) is 8.85. The van der Waals surface area contributed by atoms with E-state index in [2.05, 4.69) is 93.8 Å². The van der Waals surface area contributed by atoms with Crippen molar-refractivity contribution in [3.8, 4) is 11.1 Å². The first-order valence-electron chi connectivity index (χ1n) is 8.12. The quantitative estimate of drug-likeness (QED) is 0.331. The van der Waals surface area contributed by atoms with Crippen LogP contribution in [0.5, 0.6) is 0 Å². The van der Waals surface area contributed by atoms with Gasteiger partial charge >= 0.3 is 0 Å². The zero-order valence-corrected chi connectivity index (χ0v) is 18.4. The van der Waals surface area contributed by atoms with Gasteiger partial charge in [0, 0.05) is 34.3 Å². The van der Waals surface area contributed by atoms with Crippen LogP contribution in [0.4, 0.5) is 0 Å². The largest absolute Gasteiger partial charge is 0.164 e. The van der Waals surface area contributed by atoms with Crippen molar-refractivity contribution in [1.29, 1.82) is 0 Å². The predicted octanol–water partition coefficient (Wildman–Crippen LogP) is 6.74. The van der Waals surface area contributed by atoms with E-state index in [1.54, 1.807) is 0 Å². The summed E-state index contributed by atoms with van der Waals surface area (Å²) in [4.78, 5) is 0. The molecule has 0 nitrogen and oxygen atoms in total. The topological polar surface area (TPSA) is 0 Å². The van der Waals surface area contributed by atoms with E-state index in [1.807, 2.05) is 0 Å². The number of rotatable bonds is 2. The van der Waals surface area contributed by atoms with Gasteiger partial charge in [0.15, 0.2) is 0 Å². The third-order valence-corrected chi connectivity index (χ3v) is 3.30. The minimum absolute atomic E-state index is 0. The molecule has 3 rings (SSSR count). The molecule has 0 spiro atoms. The Kier molecular flexibility index (Phi) is 7.77. The van der Waals surface area contributed by atoms with E-state index < -0.39 is 8.07 Å². The molecule has 0 aliphatic heterocycles. The molecule has 0 aromatic heterocycles. The molecule has 0 unspecified atom stereocenters. The third-order valence-electron chi connectivity index (χ3n) is 3.30. The smallest absolute Gasteiger partial charge is 0.0411 e. The number of aryl methyl sites for hydroxylation is 1. The van der Waals surface area contributed by atoms with Gasteiger partial charge in [-0.2, -0.15) is 6.07 Å². The monoisotopic (exact) mass is 397 g/mol. The standard InChI is InChI=1S/C17H15.C4H12Si.Zr/c1-2-13-11-15-9-6-10-16(17(15)12-13)14-7-4-3-5-8-14;1-5(2,3)4;/h3-12H,2H2,1H3;1-4H3;/q-1;;. The van der Waals surface area contributed by atoms with E-state index in [1.165, 1.54) is 27.5 Å². The van der Waals surface area contributed by atoms with Crippen LogP contribution in [0.15, 0.2) is 60.7 Å². The number of hydrogen-bond donors (Lipinski definition) is 0. The maximum atomic E-state index is 2.33. The second-order valence-electron chi connectivity index (χ2n) is 7.39. The first-order chi connectivity index (χ1) is 10.4. The third kappa shape index (κ3) is 6.28. The fourth-order valence-electron chi connectivity index (χ4n) is 2.37. The zero-order chi connectivity index (χ0) is 16.2. The molecule has 0 fully saturated rings. The van der Waals surface area contributed by atoms with Gasteiger partial charge in [-0.3, -0.25) is 0 Å².